The summed E-state index contributed by atoms with van der Waals surface area (Å²) in [6, 6.07) is 0. The molecule has 4 rings (SSSR count). The van der Waals surface area contributed by atoms with E-state index in [4.69, 9.17) is 0 Å². The van der Waals surface area contributed by atoms with E-state index in [0.29, 0.717) is 19.3 Å². The molecule has 5 heteroatoms. The second kappa shape index (κ2) is 5.74. The highest BCUT2D eigenvalue weighted by atomic mass is 19.1. The van der Waals surface area contributed by atoms with Gasteiger partial charge in [-0.3, -0.25) is 4.79 Å². The average Bonchev–Trinajstić information content (AvgIpc) is 2.83. The van der Waals surface area contributed by atoms with E-state index < -0.39 is 46.5 Å². The van der Waals surface area contributed by atoms with Crippen molar-refractivity contribution in [3.05, 3.63) is 23.8 Å². The minimum Gasteiger partial charge on any atom is -0.390 e. The lowest BCUT2D eigenvalue weighted by Gasteiger charge is -2.63. The lowest BCUT2D eigenvalue weighted by molar-refractivity contribution is -0.226. The van der Waals surface area contributed by atoms with E-state index in [1.807, 2.05) is 39.0 Å². The van der Waals surface area contributed by atoms with Crippen LogP contribution in [0.2, 0.25) is 0 Å². The van der Waals surface area contributed by atoms with E-state index in [1.165, 1.54) is 0 Å². The molecule has 3 saturated carbocycles. The van der Waals surface area contributed by atoms with Gasteiger partial charge in [0.1, 0.15) is 17.9 Å². The molecule has 0 spiro atoms. The maximum Gasteiger partial charge on any atom is 0.190 e. The molecule has 150 valence electrons. The van der Waals surface area contributed by atoms with E-state index in [9.17, 15) is 20.1 Å². The summed E-state index contributed by atoms with van der Waals surface area (Å²) in [4.78, 5) is 12.6. The molecule has 0 heterocycles. The van der Waals surface area contributed by atoms with E-state index in [-0.39, 0.29) is 18.3 Å². The number of ketones is 1. The Labute approximate surface area is 160 Å². The standard InChI is InChI=1S/C22H31FO4/c1-13-10-16-15-8-7-14-6-4-5-9-19(14,2)21(15,23)17(25)11-20(16,3)22(13,27)18(26)12-24/h4-6,13,15-17,24-25,27H,7-12H2,1-3H3/t13-,15-,16-,17-,19-,20-,21-,22-/m0/s1. The molecule has 0 amide bonds. The molecule has 0 bridgehead atoms. The average molecular weight is 378 g/mol. The van der Waals surface area contributed by atoms with Crippen LogP contribution in [0, 0.1) is 28.6 Å². The number of hydrogen-bond donors (Lipinski definition) is 3. The van der Waals surface area contributed by atoms with Gasteiger partial charge in [-0.2, -0.15) is 0 Å². The van der Waals surface area contributed by atoms with Gasteiger partial charge in [-0.25, -0.2) is 4.39 Å². The number of rotatable bonds is 2. The Bertz CT molecular complexity index is 732. The number of alkyl halides is 1. The third-order valence-corrected chi connectivity index (χ3v) is 8.94. The molecular weight excluding hydrogens is 347 g/mol. The molecule has 0 radical (unpaired) electrons. The summed E-state index contributed by atoms with van der Waals surface area (Å²) >= 11 is 0. The molecule has 3 N–H and O–H groups in total. The summed E-state index contributed by atoms with van der Waals surface area (Å²) in [5, 5.41) is 32.0. The quantitative estimate of drug-likeness (QED) is 0.690. The van der Waals surface area contributed by atoms with Gasteiger partial charge >= 0.3 is 0 Å². The van der Waals surface area contributed by atoms with E-state index in [1.54, 1.807) is 0 Å². The minimum atomic E-state index is -1.78. The molecule has 27 heavy (non-hydrogen) atoms. The fourth-order valence-corrected chi connectivity index (χ4v) is 7.44. The topological polar surface area (TPSA) is 77.8 Å². The fourth-order valence-electron chi connectivity index (χ4n) is 7.44. The van der Waals surface area contributed by atoms with Crippen LogP contribution >= 0.6 is 0 Å². The number of hydrogen-bond acceptors (Lipinski definition) is 4. The van der Waals surface area contributed by atoms with Crippen molar-refractivity contribution in [2.75, 3.05) is 6.61 Å². The van der Waals surface area contributed by atoms with Gasteiger partial charge < -0.3 is 15.3 Å². The minimum absolute atomic E-state index is 0.0316. The maximum absolute atomic E-state index is 16.9. The molecule has 4 nitrogen and oxygen atoms in total. The number of allylic oxidation sites excluding steroid dienone is 4. The van der Waals surface area contributed by atoms with Crippen LogP contribution in [0.3, 0.4) is 0 Å². The Balaban J connectivity index is 1.83. The summed E-state index contributed by atoms with van der Waals surface area (Å²) < 4.78 is 16.9. The number of carbonyl (C=O) groups is 1. The van der Waals surface area contributed by atoms with E-state index in [0.717, 1.165) is 12.0 Å². The van der Waals surface area contributed by atoms with Gasteiger partial charge in [-0.1, -0.05) is 44.6 Å². The Morgan fingerprint density at radius 3 is 2.70 bits per heavy atom. The SMILES string of the molecule is C[C@H]1C[C@H]2[C@@H]3CCC4=CC=CC[C@]4(C)[C@@]3(F)[C@@H](O)C[C@]2(C)[C@@]1(O)C(=O)CO. The Morgan fingerprint density at radius 1 is 1.33 bits per heavy atom. The summed E-state index contributed by atoms with van der Waals surface area (Å²) in [6.45, 7) is 4.80. The molecule has 0 saturated heterocycles. The smallest absolute Gasteiger partial charge is 0.190 e. The molecular formula is C22H31FO4. The zero-order chi connectivity index (χ0) is 19.8. The van der Waals surface area contributed by atoms with Crippen LogP contribution in [0.15, 0.2) is 23.8 Å². The number of halogens is 1. The van der Waals surface area contributed by atoms with Gasteiger partial charge in [-0.15, -0.1) is 0 Å². The van der Waals surface area contributed by atoms with Gasteiger partial charge in [0.05, 0.1) is 6.10 Å². The van der Waals surface area contributed by atoms with Crippen molar-refractivity contribution in [3.8, 4) is 0 Å². The highest BCUT2D eigenvalue weighted by Crippen LogP contribution is 2.71. The third kappa shape index (κ3) is 2.01. The van der Waals surface area contributed by atoms with Crippen LogP contribution in [-0.4, -0.2) is 45.1 Å². The van der Waals surface area contributed by atoms with Crippen LogP contribution in [0.25, 0.3) is 0 Å². The molecule has 4 aliphatic carbocycles. The fraction of sp³-hybridized carbons (Fsp3) is 0.773. The highest BCUT2D eigenvalue weighted by molar-refractivity contribution is 5.90. The molecule has 0 unspecified atom stereocenters. The van der Waals surface area contributed by atoms with Crippen molar-refractivity contribution >= 4 is 5.78 Å². The van der Waals surface area contributed by atoms with Crippen molar-refractivity contribution in [2.45, 2.75) is 70.2 Å². The van der Waals surface area contributed by atoms with Crippen LogP contribution < -0.4 is 0 Å². The zero-order valence-corrected chi connectivity index (χ0v) is 16.4. The first kappa shape index (κ1) is 19.3. The maximum atomic E-state index is 16.9. The molecule has 4 aliphatic rings. The molecule has 3 fully saturated rings. The number of aliphatic hydroxyl groups excluding tert-OH is 2. The molecule has 0 aromatic carbocycles. The van der Waals surface area contributed by atoms with Crippen molar-refractivity contribution < 1.29 is 24.5 Å². The van der Waals surface area contributed by atoms with Crippen molar-refractivity contribution in [3.63, 3.8) is 0 Å². The van der Waals surface area contributed by atoms with Crippen molar-refractivity contribution in [2.24, 2.45) is 28.6 Å². The van der Waals surface area contributed by atoms with Gasteiger partial charge in [0.15, 0.2) is 5.78 Å². The molecule has 0 aromatic heterocycles. The highest BCUT2D eigenvalue weighted by Gasteiger charge is 2.75. The number of carbonyl (C=O) groups excluding carboxylic acids is 1. The Morgan fingerprint density at radius 2 is 2.04 bits per heavy atom. The second-order valence-electron chi connectivity index (χ2n) is 9.80. The van der Waals surface area contributed by atoms with E-state index in [2.05, 4.69) is 0 Å². The molecule has 8 atom stereocenters. The van der Waals surface area contributed by atoms with Gasteiger partial charge in [0.2, 0.25) is 0 Å². The summed E-state index contributed by atoms with van der Waals surface area (Å²) in [5.74, 6) is -1.60. The monoisotopic (exact) mass is 378 g/mol. The Hall–Kier alpha value is -1.04. The van der Waals surface area contributed by atoms with Gasteiger partial charge in [0, 0.05) is 16.7 Å². The lowest BCUT2D eigenvalue weighted by Crippen LogP contribution is -2.69. The Kier molecular flexibility index (Phi) is 4.10. The van der Waals surface area contributed by atoms with Crippen LogP contribution in [0.5, 0.6) is 0 Å². The zero-order valence-electron chi connectivity index (χ0n) is 16.4. The lowest BCUT2D eigenvalue weighted by atomic mass is 9.44. The molecule has 0 aliphatic heterocycles. The van der Waals surface area contributed by atoms with E-state index >= 15 is 4.39 Å². The first-order valence-corrected chi connectivity index (χ1v) is 10.2. The molecule has 0 aromatic rings. The number of fused-ring (bicyclic) bond motifs is 5. The largest absolute Gasteiger partial charge is 0.390 e. The first-order valence-electron chi connectivity index (χ1n) is 10.2. The third-order valence-electron chi connectivity index (χ3n) is 8.94. The van der Waals surface area contributed by atoms with Gasteiger partial charge in [-0.05, 0) is 43.9 Å². The van der Waals surface area contributed by atoms with Crippen LogP contribution in [-0.2, 0) is 4.79 Å². The van der Waals surface area contributed by atoms with Crippen LogP contribution in [0.4, 0.5) is 4.39 Å². The predicted octanol–water partition coefficient (Wildman–Crippen LogP) is 2.72. The number of aliphatic hydroxyl groups is 3. The van der Waals surface area contributed by atoms with Crippen molar-refractivity contribution in [1.29, 1.82) is 0 Å². The first-order chi connectivity index (χ1) is 12.6. The summed E-state index contributed by atoms with van der Waals surface area (Å²) in [6.07, 6.45) is 7.18. The number of Topliss-reactive ketones (excluding diaryl/α,β-unsaturated/α-hetero) is 1. The van der Waals surface area contributed by atoms with Crippen LogP contribution in [0.1, 0.15) is 52.9 Å². The summed E-state index contributed by atoms with van der Waals surface area (Å²) in [5.41, 5.74) is -4.14. The van der Waals surface area contributed by atoms with Crippen molar-refractivity contribution in [1.82, 2.24) is 0 Å². The predicted molar refractivity (Wildman–Crippen MR) is 99.6 cm³/mol. The second-order valence-corrected chi connectivity index (χ2v) is 9.80. The normalized spacial score (nSPS) is 54.0. The summed E-state index contributed by atoms with van der Waals surface area (Å²) in [7, 11) is 0. The van der Waals surface area contributed by atoms with Gasteiger partial charge in [0.25, 0.3) is 0 Å².